The zero-order chi connectivity index (χ0) is 82.8. The number of guanidine groups is 1. The highest BCUT2D eigenvalue weighted by Gasteiger charge is 2.36. The minimum atomic E-state index is -1.46. The molecule has 0 aromatic carbocycles. The summed E-state index contributed by atoms with van der Waals surface area (Å²) in [4.78, 5) is 53.0. The summed E-state index contributed by atoms with van der Waals surface area (Å²) in [6.07, 6.45) is -6.18. The van der Waals surface area contributed by atoms with Crippen LogP contribution in [0, 0.1) is 39.0 Å². The van der Waals surface area contributed by atoms with Crippen LogP contribution in [0.5, 0.6) is 0 Å². The summed E-state index contributed by atoms with van der Waals surface area (Å²) in [6, 6.07) is 1.86. The first kappa shape index (κ1) is 150. The second-order valence-corrected chi connectivity index (χ2v) is 27.8. The molecule has 2 aromatic heterocycles. The van der Waals surface area contributed by atoms with Gasteiger partial charge in [-0.25, -0.2) is 4.68 Å². The molecule has 2 saturated heterocycles. The van der Waals surface area contributed by atoms with Crippen molar-refractivity contribution in [2.45, 2.75) is 369 Å². The number of rotatable bonds is 43. The number of aliphatic hydroxyl groups excluding tert-OH is 14. The number of aliphatic hydroxyl groups is 14. The highest BCUT2D eigenvalue weighted by Crippen LogP contribution is 2.17. The van der Waals surface area contributed by atoms with Crippen LogP contribution in [0.3, 0.4) is 0 Å². The molecule has 3 amide bonds. The van der Waals surface area contributed by atoms with E-state index in [1.54, 1.807) is 27.9 Å². The monoisotopic (exact) mass is 1770 g/mol. The Morgan fingerprint density at radius 2 is 0.901 bits per heavy atom. The number of carbonyl (C=O) groups is 4. The molecule has 0 aliphatic carbocycles. The topological polar surface area (TPSA) is 732 Å². The molecule has 0 spiro atoms. The van der Waals surface area contributed by atoms with Gasteiger partial charge in [0.2, 0.25) is 23.7 Å². The van der Waals surface area contributed by atoms with E-state index in [0.717, 1.165) is 80.6 Å². The molecule has 2 aliphatic rings. The highest BCUT2D eigenvalue weighted by molar-refractivity contribution is 5.90. The number of Topliss-reactive ketones (excluding diaryl/α,β-unsaturated/α-hetero) is 1. The molecule has 2 fully saturated rings. The van der Waals surface area contributed by atoms with E-state index < -0.39 is 122 Å². The molecule has 4 rings (SSSR count). The third kappa shape index (κ3) is 67.3. The fourth-order valence-corrected chi connectivity index (χ4v) is 10.6. The predicted molar refractivity (Wildman–Crippen MR) is 489 cm³/mol. The summed E-state index contributed by atoms with van der Waals surface area (Å²) < 4.78 is 11.2. The number of amides is 3. The molecule has 736 valence electrons. The van der Waals surface area contributed by atoms with Crippen molar-refractivity contribution in [3.8, 4) is 0 Å². The average molecular weight is 1770 g/mol. The number of carbonyl (C=O) groups excluding carboxylic acids is 4. The summed E-state index contributed by atoms with van der Waals surface area (Å²) in [5, 5.41) is 170. The van der Waals surface area contributed by atoms with Crippen molar-refractivity contribution in [1.82, 2.24) is 57.2 Å². The minimum absolute atomic E-state index is 0. The average Bonchev–Trinajstić information content (AvgIpc) is 1.71. The molecule has 40 heteroatoms. The summed E-state index contributed by atoms with van der Waals surface area (Å²) in [7, 11) is 3.40. The number of nitrogens with two attached hydrogens (primary N) is 5. The second kappa shape index (κ2) is 86.4. The van der Waals surface area contributed by atoms with Crippen LogP contribution in [-0.4, -0.2) is 339 Å². The van der Waals surface area contributed by atoms with Gasteiger partial charge in [0.05, 0.1) is 85.9 Å². The Kier molecular flexibility index (Phi) is 107. The number of hydrogen-bond acceptors (Lipinski definition) is 29. The van der Waals surface area contributed by atoms with Crippen molar-refractivity contribution in [3.05, 3.63) is 34.9 Å². The molecule has 13 unspecified atom stereocenters. The third-order valence-corrected chi connectivity index (χ3v) is 17.7. The normalized spacial score (nSPS) is 19.5. The van der Waals surface area contributed by atoms with E-state index in [4.69, 9.17) is 74.2 Å². The summed E-state index contributed by atoms with van der Waals surface area (Å²) in [5.74, 6) is -0.253. The molecular weight excluding hydrogens is 1580 g/mol. The largest absolute Gasteiger partial charge is 0.412 e. The molecule has 0 saturated carbocycles. The van der Waals surface area contributed by atoms with Crippen molar-refractivity contribution in [2.24, 2.45) is 34.6 Å². The molecule has 40 nitrogen and oxygen atoms in total. The number of aryl methyl sites for hydroxylation is 4. The Bertz CT molecular complexity index is 2640. The molecule has 2 aliphatic heterocycles. The maximum Gasteiger partial charge on any atom is 0.338 e. The molecule has 0 bridgehead atoms. The van der Waals surface area contributed by atoms with Gasteiger partial charge < -0.3 is 146 Å². The van der Waals surface area contributed by atoms with E-state index in [9.17, 15) is 60.0 Å². The number of unbranched alkanes of at least 4 members (excludes halogenated alkanes) is 5. The number of aromatic nitrogens is 4. The molecule has 121 heavy (non-hydrogen) atoms. The van der Waals surface area contributed by atoms with E-state index in [-0.39, 0.29) is 160 Å². The Hall–Kier alpha value is -5.72. The number of ether oxygens (including phenoxy) is 2. The lowest BCUT2D eigenvalue weighted by Gasteiger charge is -2.33. The maximum atomic E-state index is 13.0. The quantitative estimate of drug-likeness (QED) is 0.0182. The first-order valence-corrected chi connectivity index (χ1v) is 37.5. The number of nitrogens with one attached hydrogen (secondary N) is 10. The third-order valence-electron chi connectivity index (χ3n) is 17.7. The van der Waals surface area contributed by atoms with Crippen LogP contribution < -0.4 is 70.9 Å². The van der Waals surface area contributed by atoms with Crippen LogP contribution in [0.25, 0.3) is 0 Å². The van der Waals surface area contributed by atoms with Crippen molar-refractivity contribution in [3.63, 3.8) is 0 Å². The van der Waals surface area contributed by atoms with Gasteiger partial charge in [0.25, 0.3) is 0 Å². The van der Waals surface area contributed by atoms with Crippen molar-refractivity contribution < 1.29 is 116 Å². The van der Waals surface area contributed by atoms with Gasteiger partial charge in [-0.2, -0.15) is 10.2 Å². The van der Waals surface area contributed by atoms with Crippen molar-refractivity contribution in [1.29, 1.82) is 5.41 Å². The van der Waals surface area contributed by atoms with Gasteiger partial charge in [-0.05, 0) is 204 Å². The van der Waals surface area contributed by atoms with E-state index in [1.165, 1.54) is 25.5 Å². The lowest BCUT2D eigenvalue weighted by Crippen LogP contribution is -2.78. The van der Waals surface area contributed by atoms with Crippen LogP contribution >= 0.6 is 0 Å². The zero-order valence-corrected chi connectivity index (χ0v) is 66.9. The van der Waals surface area contributed by atoms with Gasteiger partial charge in [-0.3, -0.25) is 46.1 Å². The van der Waals surface area contributed by atoms with Gasteiger partial charge in [-0.1, -0.05) is 101 Å². The smallest absolute Gasteiger partial charge is 0.338 e. The first-order chi connectivity index (χ1) is 50.7. The Balaban J connectivity index is -0.0000000938. The minimum Gasteiger partial charge on any atom is -0.412 e. The number of aromatic amines is 1. The number of likely N-dealkylation sites (N-methyl/N-ethyl adjacent to an activating group) is 2. The number of H-pyrrole nitrogens is 1. The van der Waals surface area contributed by atoms with Crippen LogP contribution in [0.1, 0.15) is 242 Å². The van der Waals surface area contributed by atoms with E-state index in [1.807, 2.05) is 39.8 Å². The predicted octanol–water partition coefficient (Wildman–Crippen LogP) is -2.72. The van der Waals surface area contributed by atoms with Gasteiger partial charge in [0.15, 0.2) is 5.78 Å². The lowest BCUT2D eigenvalue weighted by molar-refractivity contribution is -0.459. The van der Waals surface area contributed by atoms with E-state index >= 15 is 0 Å². The Labute approximate surface area is 729 Å². The van der Waals surface area contributed by atoms with Crippen molar-refractivity contribution in [2.75, 3.05) is 79.7 Å². The molecule has 38 N–H and O–H groups in total. The molecule has 0 radical (unpaired) electrons. The second-order valence-electron chi connectivity index (χ2n) is 27.8. The van der Waals surface area contributed by atoms with Crippen LogP contribution in [0.4, 0.5) is 0 Å². The van der Waals surface area contributed by atoms with Gasteiger partial charge in [-0.15, -0.1) is 0 Å². The maximum absolute atomic E-state index is 13.0. The zero-order valence-electron chi connectivity index (χ0n) is 66.9. The molecular formula is C81H191N18O22+. The van der Waals surface area contributed by atoms with Crippen LogP contribution in [-0.2, 0) is 28.7 Å². The van der Waals surface area contributed by atoms with Gasteiger partial charge in [0.1, 0.15) is 67.1 Å². The van der Waals surface area contributed by atoms with Gasteiger partial charge in [0, 0.05) is 31.0 Å². The van der Waals surface area contributed by atoms with Crippen molar-refractivity contribution >= 4 is 35.4 Å². The van der Waals surface area contributed by atoms with E-state index in [0.29, 0.717) is 77.8 Å². The number of nitrogen functional groups attached to an aromatic ring is 1. The lowest BCUT2D eigenvalue weighted by atomic mass is 10.0. The summed E-state index contributed by atoms with van der Waals surface area (Å²) in [6.45, 7) is 20.9. The highest BCUT2D eigenvalue weighted by atomic mass is 16.5. The number of hydrogen-bond donors (Lipinski definition) is 29. The van der Waals surface area contributed by atoms with Crippen LogP contribution in [0.15, 0.2) is 12.1 Å². The fraction of sp³-hybridized carbons (Fsp3) is 0.852. The summed E-state index contributed by atoms with van der Waals surface area (Å²) in [5.41, 5.74) is 31.0. The van der Waals surface area contributed by atoms with Crippen LogP contribution in [0.2, 0.25) is 0 Å². The van der Waals surface area contributed by atoms with Gasteiger partial charge >= 0.3 is 5.96 Å². The SMILES string of the molecule is C.C.C.C.C.C.C.C.C.C.C.CC1OCC(O)[C@H](O)[C@@H]1O.CC1OCC(O)[C@H](O)[C@@H]1O.CNC(CCCCNCC(O)[C@H](O)[C@H](O)C(C)O)C(=O)NC(CCCCN)C(=O)NCC(C)CCCC[NH+]=C(N)N.CNC(CCCCNCC(O)[C@H](O)[C@H](O)C(C)O)C(=O)NC(CCCCN)C(C)=O.Cc1cc(C)[nH]n1.Cc1cc(C)n(C(=N)N)n1.O.O. The Morgan fingerprint density at radius 3 is 1.20 bits per heavy atom. The number of ketones is 1. The molecule has 2 aromatic rings. The molecule has 21 atom stereocenters. The Morgan fingerprint density at radius 1 is 0.529 bits per heavy atom. The first-order valence-electron chi connectivity index (χ1n) is 37.5. The summed E-state index contributed by atoms with van der Waals surface area (Å²) >= 11 is 0. The van der Waals surface area contributed by atoms with E-state index in [2.05, 4.69) is 64.4 Å². The molecule has 4 heterocycles. The standard InChI is InChI=1S/C27H58N8O6.C20H42N4O6.C6H10N4.2C6H12O4.C5H8N2.11CH4.2H2O/c1-18(10-5-9-15-33-27(29)30)16-34-25(40)21(12-4-7-13-28)35-26(41)20(31-3)11-6-8-14-32-17-22(37)24(39)23(38)19(2)36;1-13(25)15(8-4-6-10-21)24-20(30)16(22-3)9-5-7-11-23-12-17(27)19(29)18(28)14(2)26;1-4-3-5(2)10(9-4)6(7)8;2*1-3-5(8)6(9)4(7)2-10-3;1-4-3-5(2)7-6-4;;;;;;;;;;;;;/h18-24,31-32,36-39H,4-17,28H2,1-3H3,(H,34,40)(H,35,41)(H4,29,30,33);14-19,22-23,26-29H,4-12,21H2,1-3H3,(H,24,30);3H,1-2H3,(H3,7,8);2*3-9H,2H2,1H3;3H,1-2H3,(H,6,7);11*1H4;2*1H2/p+1/t18?,19?,20?,21?,22?,23-,24+;14?,15?,16?,17?,18-,19+;;2*3?,4?,5-,6+;;;;;;;;;;;;;;/m11.11............../s1. The fourth-order valence-electron chi connectivity index (χ4n) is 10.6. The number of nitrogens with zero attached hydrogens (tertiary/aromatic N) is 3.